The monoisotopic (exact) mass is 616 g/mol. The van der Waals surface area contributed by atoms with Gasteiger partial charge in [0.25, 0.3) is 0 Å². The van der Waals surface area contributed by atoms with Crippen molar-refractivity contribution < 1.29 is 23.9 Å². The van der Waals surface area contributed by atoms with E-state index in [1.807, 2.05) is 24.3 Å². The van der Waals surface area contributed by atoms with Crippen molar-refractivity contribution >= 4 is 17.8 Å². The number of nitrogens with zero attached hydrogens (tertiary/aromatic N) is 2. The SMILES string of the molecule is C=CCN1CCC2(c3cccc(OC(C)=O)c3)CC(N(CC(C)C)C(=O)CCCCCc3ccccc3)CC(OC(C)=O)C2C1. The van der Waals surface area contributed by atoms with Gasteiger partial charge in [0.15, 0.2) is 0 Å². The van der Waals surface area contributed by atoms with Gasteiger partial charge in [0.2, 0.25) is 5.91 Å². The summed E-state index contributed by atoms with van der Waals surface area (Å²) in [5, 5.41) is 0. The lowest BCUT2D eigenvalue weighted by molar-refractivity contribution is -0.161. The maximum absolute atomic E-state index is 14.0. The van der Waals surface area contributed by atoms with Gasteiger partial charge in [-0.2, -0.15) is 0 Å². The predicted molar refractivity (Wildman–Crippen MR) is 178 cm³/mol. The first-order chi connectivity index (χ1) is 21.6. The van der Waals surface area contributed by atoms with Crippen LogP contribution in [0.1, 0.15) is 83.8 Å². The van der Waals surface area contributed by atoms with Gasteiger partial charge >= 0.3 is 11.9 Å². The van der Waals surface area contributed by atoms with Gasteiger partial charge in [-0.15, -0.1) is 6.58 Å². The fourth-order valence-corrected chi connectivity index (χ4v) is 7.61. The van der Waals surface area contributed by atoms with Crippen molar-refractivity contribution in [1.82, 2.24) is 9.80 Å². The molecule has 7 nitrogen and oxygen atoms in total. The summed E-state index contributed by atoms with van der Waals surface area (Å²) in [4.78, 5) is 42.8. The van der Waals surface area contributed by atoms with Crippen LogP contribution in [0.25, 0.3) is 0 Å². The number of esters is 2. The number of piperidine rings is 1. The quantitative estimate of drug-likeness (QED) is 0.101. The highest BCUT2D eigenvalue weighted by Gasteiger charge is 2.54. The largest absolute Gasteiger partial charge is 0.462 e. The zero-order valence-corrected chi connectivity index (χ0v) is 27.7. The summed E-state index contributed by atoms with van der Waals surface area (Å²) in [6, 6.07) is 18.3. The molecule has 0 N–H and O–H groups in total. The average molecular weight is 617 g/mol. The molecule has 2 aromatic rings. The smallest absolute Gasteiger partial charge is 0.308 e. The van der Waals surface area contributed by atoms with E-state index in [4.69, 9.17) is 9.47 Å². The van der Waals surface area contributed by atoms with Crippen LogP contribution in [0.5, 0.6) is 5.75 Å². The third-order valence-electron chi connectivity index (χ3n) is 9.49. The molecule has 2 aliphatic rings. The number of aryl methyl sites for hydroxylation is 1. The number of amides is 1. The van der Waals surface area contributed by atoms with Gasteiger partial charge in [-0.05, 0) is 67.8 Å². The molecular weight excluding hydrogens is 564 g/mol. The van der Waals surface area contributed by atoms with Gasteiger partial charge in [0, 0.05) is 63.7 Å². The van der Waals surface area contributed by atoms with Gasteiger partial charge in [-0.3, -0.25) is 19.3 Å². The van der Waals surface area contributed by atoms with Crippen LogP contribution in [0.15, 0.2) is 67.3 Å². The third-order valence-corrected chi connectivity index (χ3v) is 9.49. The molecule has 2 aromatic carbocycles. The van der Waals surface area contributed by atoms with E-state index in [9.17, 15) is 14.4 Å². The second-order valence-electron chi connectivity index (χ2n) is 13.4. The molecule has 1 saturated heterocycles. The molecule has 0 aromatic heterocycles. The fourth-order valence-electron chi connectivity index (χ4n) is 7.61. The van der Waals surface area contributed by atoms with Gasteiger partial charge in [-0.25, -0.2) is 0 Å². The van der Waals surface area contributed by atoms with Crippen LogP contribution in [0.3, 0.4) is 0 Å². The highest BCUT2D eigenvalue weighted by Crippen LogP contribution is 2.51. The molecule has 45 heavy (non-hydrogen) atoms. The summed E-state index contributed by atoms with van der Waals surface area (Å²) in [7, 11) is 0. The van der Waals surface area contributed by atoms with Crippen LogP contribution in [-0.4, -0.2) is 66.0 Å². The highest BCUT2D eigenvalue weighted by atomic mass is 16.5. The van der Waals surface area contributed by atoms with Crippen molar-refractivity contribution in [1.29, 1.82) is 0 Å². The minimum absolute atomic E-state index is 0.0212. The number of rotatable bonds is 14. The van der Waals surface area contributed by atoms with E-state index in [0.29, 0.717) is 31.1 Å². The van der Waals surface area contributed by atoms with Crippen molar-refractivity contribution in [3.63, 3.8) is 0 Å². The number of carbonyl (C=O) groups is 3. The lowest BCUT2D eigenvalue weighted by Gasteiger charge is -2.56. The Balaban J connectivity index is 1.61. The van der Waals surface area contributed by atoms with E-state index in [-0.39, 0.29) is 41.3 Å². The number of ether oxygens (including phenoxy) is 2. The molecule has 4 rings (SSSR count). The molecule has 1 aliphatic heterocycles. The molecule has 0 bridgehead atoms. The Kier molecular flexibility index (Phi) is 12.4. The molecule has 1 aliphatic carbocycles. The molecule has 4 unspecified atom stereocenters. The van der Waals surface area contributed by atoms with Crippen LogP contribution in [0, 0.1) is 11.8 Å². The molecule has 7 heteroatoms. The van der Waals surface area contributed by atoms with Crippen molar-refractivity contribution in [2.24, 2.45) is 11.8 Å². The number of benzene rings is 2. The lowest BCUT2D eigenvalue weighted by atomic mass is 9.56. The molecule has 0 radical (unpaired) electrons. The first kappa shape index (κ1) is 34.4. The van der Waals surface area contributed by atoms with E-state index in [2.05, 4.69) is 60.6 Å². The Labute approximate surface area is 270 Å². The van der Waals surface area contributed by atoms with Crippen LogP contribution in [-0.2, 0) is 31.0 Å². The Morgan fingerprint density at radius 3 is 2.51 bits per heavy atom. The molecule has 1 amide bonds. The van der Waals surface area contributed by atoms with Gasteiger partial charge < -0.3 is 14.4 Å². The molecular formula is C38H52N2O5. The highest BCUT2D eigenvalue weighted by molar-refractivity contribution is 5.76. The summed E-state index contributed by atoms with van der Waals surface area (Å²) in [5.74, 6) is 0.352. The maximum atomic E-state index is 14.0. The molecule has 4 atom stereocenters. The third kappa shape index (κ3) is 9.29. The first-order valence-electron chi connectivity index (χ1n) is 16.7. The summed E-state index contributed by atoms with van der Waals surface area (Å²) in [6.07, 6.45) is 8.26. The second kappa shape index (κ2) is 16.2. The van der Waals surface area contributed by atoms with Crippen LogP contribution in [0.2, 0.25) is 0 Å². The fraction of sp³-hybridized carbons (Fsp3) is 0.553. The van der Waals surface area contributed by atoms with E-state index < -0.39 is 0 Å². The van der Waals surface area contributed by atoms with E-state index >= 15 is 0 Å². The van der Waals surface area contributed by atoms with E-state index in [0.717, 1.165) is 63.7 Å². The maximum Gasteiger partial charge on any atom is 0.308 e. The Bertz CT molecular complexity index is 1290. The molecule has 2 fully saturated rings. The zero-order valence-electron chi connectivity index (χ0n) is 27.7. The molecule has 1 saturated carbocycles. The Morgan fingerprint density at radius 2 is 1.82 bits per heavy atom. The van der Waals surface area contributed by atoms with Crippen molar-refractivity contribution in [3.05, 3.63) is 78.4 Å². The Morgan fingerprint density at radius 1 is 1.04 bits per heavy atom. The van der Waals surface area contributed by atoms with E-state index in [1.54, 1.807) is 6.07 Å². The summed E-state index contributed by atoms with van der Waals surface area (Å²) >= 11 is 0. The molecule has 0 spiro atoms. The summed E-state index contributed by atoms with van der Waals surface area (Å²) < 4.78 is 11.7. The first-order valence-corrected chi connectivity index (χ1v) is 16.7. The summed E-state index contributed by atoms with van der Waals surface area (Å²) in [6.45, 7) is 14.2. The van der Waals surface area contributed by atoms with Gasteiger partial charge in [0.1, 0.15) is 11.9 Å². The Hall–Kier alpha value is -3.45. The lowest BCUT2D eigenvalue weighted by Crippen LogP contribution is -2.62. The molecule has 244 valence electrons. The molecule has 1 heterocycles. The van der Waals surface area contributed by atoms with Gasteiger partial charge in [0.05, 0.1) is 0 Å². The second-order valence-corrected chi connectivity index (χ2v) is 13.4. The van der Waals surface area contributed by atoms with Crippen LogP contribution < -0.4 is 4.74 Å². The summed E-state index contributed by atoms with van der Waals surface area (Å²) in [5.41, 5.74) is 2.05. The van der Waals surface area contributed by atoms with Crippen LogP contribution in [0.4, 0.5) is 0 Å². The van der Waals surface area contributed by atoms with Crippen molar-refractivity contribution in [3.8, 4) is 5.75 Å². The van der Waals surface area contributed by atoms with Crippen molar-refractivity contribution in [2.75, 3.05) is 26.2 Å². The number of unbranched alkanes of at least 4 members (excludes halogenated alkanes) is 2. The standard InChI is InChI=1S/C38H52N2O5/c1-6-21-39-22-20-38(32-17-13-18-34(23-32)44-29(4)41)25-33(24-36(35(38)27-39)45-30(5)42)40(26-28(2)3)37(43)19-12-8-11-16-31-14-9-7-10-15-31/h6-7,9-10,13-15,17-18,23,28,33,35-36H,1,8,11-12,16,19-22,24-27H2,2-5H3. The normalized spacial score (nSPS) is 23.2. The number of likely N-dealkylation sites (tertiary alicyclic amines) is 1. The number of hydrogen-bond acceptors (Lipinski definition) is 6. The average Bonchev–Trinajstić information content (AvgIpc) is 3.00. The van der Waals surface area contributed by atoms with Gasteiger partial charge in [-0.1, -0.05) is 68.8 Å². The van der Waals surface area contributed by atoms with E-state index in [1.165, 1.54) is 19.4 Å². The minimum Gasteiger partial charge on any atom is -0.462 e. The predicted octanol–water partition coefficient (Wildman–Crippen LogP) is 6.74. The number of hydrogen-bond donors (Lipinski definition) is 0. The zero-order chi connectivity index (χ0) is 32.4. The van der Waals surface area contributed by atoms with Crippen molar-refractivity contribution in [2.45, 2.75) is 96.6 Å². The number of fused-ring (bicyclic) bond motifs is 1. The van der Waals surface area contributed by atoms with Crippen LogP contribution >= 0.6 is 0 Å². The topological polar surface area (TPSA) is 76.2 Å². The minimum atomic E-state index is -0.362. The number of carbonyl (C=O) groups excluding carboxylic acids is 3.